The largest absolute Gasteiger partial charge is 0.426 e. The van der Waals surface area contributed by atoms with Crippen LogP contribution < -0.4 is 9.47 Å². The van der Waals surface area contributed by atoms with Gasteiger partial charge in [-0.2, -0.15) is 0 Å². The number of ether oxygens (including phenoxy) is 2. The van der Waals surface area contributed by atoms with Gasteiger partial charge < -0.3 is 9.47 Å². The second-order valence-electron chi connectivity index (χ2n) is 3.25. The predicted octanol–water partition coefficient (Wildman–Crippen LogP) is 2.97. The molecule has 0 unspecified atom stereocenters. The first-order valence-electron chi connectivity index (χ1n) is 5.27. The first-order valence-corrected chi connectivity index (χ1v) is 5.65. The third kappa shape index (κ3) is 4.07. The molecule has 0 fully saturated rings. The van der Waals surface area contributed by atoms with Crippen molar-refractivity contribution in [3.05, 3.63) is 23.2 Å². The van der Waals surface area contributed by atoms with Gasteiger partial charge in [-0.25, -0.2) is 0 Å². The zero-order valence-electron chi connectivity index (χ0n) is 9.66. The molecule has 1 aromatic carbocycles. The van der Waals surface area contributed by atoms with Crippen molar-refractivity contribution in [3.8, 4) is 11.5 Å². The fourth-order valence-electron chi connectivity index (χ4n) is 1.03. The van der Waals surface area contributed by atoms with Crippen LogP contribution in [0.1, 0.15) is 26.7 Å². The van der Waals surface area contributed by atoms with Crippen molar-refractivity contribution in [1.82, 2.24) is 0 Å². The summed E-state index contributed by atoms with van der Waals surface area (Å²) in [6, 6.07) is 4.46. The molecule has 0 spiro atoms. The Hall–Kier alpha value is -1.55. The standard InChI is InChI=1S/C12H13ClO4/c1-3-11(14)16-8-5-6-10(9(13)7-8)17-12(15)4-2/h5-7H,3-4H2,1-2H3. The van der Waals surface area contributed by atoms with E-state index in [4.69, 9.17) is 21.1 Å². The third-order valence-electron chi connectivity index (χ3n) is 1.94. The average Bonchev–Trinajstić information content (AvgIpc) is 2.32. The number of esters is 2. The van der Waals surface area contributed by atoms with Gasteiger partial charge in [-0.1, -0.05) is 25.4 Å². The molecule has 0 amide bonds. The van der Waals surface area contributed by atoms with Crippen LogP contribution in [0.5, 0.6) is 11.5 Å². The summed E-state index contributed by atoms with van der Waals surface area (Å²) in [6.45, 7) is 3.38. The van der Waals surface area contributed by atoms with Crippen LogP contribution >= 0.6 is 11.6 Å². The number of carbonyl (C=O) groups excluding carboxylic acids is 2. The molecule has 1 rings (SSSR count). The molecule has 0 N–H and O–H groups in total. The maximum atomic E-state index is 11.1. The lowest BCUT2D eigenvalue weighted by Crippen LogP contribution is -2.07. The van der Waals surface area contributed by atoms with Gasteiger partial charge >= 0.3 is 11.9 Å². The Kier molecular flexibility index (Phi) is 4.97. The summed E-state index contributed by atoms with van der Waals surface area (Å²) in [7, 11) is 0. The molecule has 0 atom stereocenters. The van der Waals surface area contributed by atoms with Crippen LogP contribution in [0.2, 0.25) is 5.02 Å². The van der Waals surface area contributed by atoms with Crippen molar-refractivity contribution in [1.29, 1.82) is 0 Å². The lowest BCUT2D eigenvalue weighted by molar-refractivity contribution is -0.135. The summed E-state index contributed by atoms with van der Waals surface area (Å²) in [4.78, 5) is 22.1. The molecule has 5 heteroatoms. The normalized spacial score (nSPS) is 9.82. The van der Waals surface area contributed by atoms with Crippen molar-refractivity contribution < 1.29 is 19.1 Å². The Balaban J connectivity index is 2.79. The van der Waals surface area contributed by atoms with Gasteiger partial charge in [0, 0.05) is 18.9 Å². The monoisotopic (exact) mass is 256 g/mol. The highest BCUT2D eigenvalue weighted by molar-refractivity contribution is 6.32. The van der Waals surface area contributed by atoms with Crippen LogP contribution in [0.3, 0.4) is 0 Å². The van der Waals surface area contributed by atoms with Crippen LogP contribution in [-0.2, 0) is 9.59 Å². The van der Waals surface area contributed by atoms with E-state index in [0.29, 0.717) is 5.75 Å². The minimum atomic E-state index is -0.370. The minimum absolute atomic E-state index is 0.230. The maximum Gasteiger partial charge on any atom is 0.310 e. The number of halogens is 1. The summed E-state index contributed by atoms with van der Waals surface area (Å²) in [6.07, 6.45) is 0.549. The van der Waals surface area contributed by atoms with E-state index < -0.39 is 0 Å². The van der Waals surface area contributed by atoms with Gasteiger partial charge in [0.1, 0.15) is 11.5 Å². The summed E-state index contributed by atoms with van der Waals surface area (Å²) in [5, 5.41) is 0.230. The van der Waals surface area contributed by atoms with E-state index in [-0.39, 0.29) is 35.6 Å². The molecular formula is C12H13ClO4. The van der Waals surface area contributed by atoms with E-state index in [0.717, 1.165) is 0 Å². The number of hydrogen-bond acceptors (Lipinski definition) is 4. The number of rotatable bonds is 4. The summed E-state index contributed by atoms with van der Waals surface area (Å²) in [5.74, 6) is -0.127. The smallest absolute Gasteiger partial charge is 0.310 e. The highest BCUT2D eigenvalue weighted by Crippen LogP contribution is 2.29. The molecule has 17 heavy (non-hydrogen) atoms. The van der Waals surface area contributed by atoms with Gasteiger partial charge in [-0.3, -0.25) is 9.59 Å². The van der Waals surface area contributed by atoms with Crippen molar-refractivity contribution in [2.24, 2.45) is 0 Å². The van der Waals surface area contributed by atoms with Gasteiger partial charge in [0.2, 0.25) is 0 Å². The van der Waals surface area contributed by atoms with E-state index >= 15 is 0 Å². The highest BCUT2D eigenvalue weighted by atomic mass is 35.5. The van der Waals surface area contributed by atoms with Gasteiger partial charge in [0.25, 0.3) is 0 Å². The van der Waals surface area contributed by atoms with Crippen molar-refractivity contribution in [3.63, 3.8) is 0 Å². The van der Waals surface area contributed by atoms with E-state index in [1.54, 1.807) is 13.8 Å². The summed E-state index contributed by atoms with van der Waals surface area (Å²) in [5.41, 5.74) is 0. The van der Waals surface area contributed by atoms with E-state index in [1.807, 2.05) is 0 Å². The van der Waals surface area contributed by atoms with Crippen LogP contribution in [0.15, 0.2) is 18.2 Å². The van der Waals surface area contributed by atoms with E-state index in [9.17, 15) is 9.59 Å². The molecule has 92 valence electrons. The van der Waals surface area contributed by atoms with Crippen molar-refractivity contribution >= 4 is 23.5 Å². The second kappa shape index (κ2) is 6.25. The lowest BCUT2D eigenvalue weighted by atomic mass is 10.3. The van der Waals surface area contributed by atoms with Gasteiger partial charge in [0.05, 0.1) is 5.02 Å². The molecule has 0 saturated carbocycles. The fourth-order valence-corrected chi connectivity index (χ4v) is 1.24. The lowest BCUT2D eigenvalue weighted by Gasteiger charge is -2.07. The molecule has 0 aliphatic rings. The second-order valence-corrected chi connectivity index (χ2v) is 3.65. The average molecular weight is 257 g/mol. The maximum absolute atomic E-state index is 11.1. The Morgan fingerprint density at radius 1 is 1.12 bits per heavy atom. The number of carbonyl (C=O) groups is 2. The van der Waals surface area contributed by atoms with Crippen molar-refractivity contribution in [2.45, 2.75) is 26.7 Å². The molecule has 0 aliphatic carbocycles. The van der Waals surface area contributed by atoms with Crippen LogP contribution in [-0.4, -0.2) is 11.9 Å². The molecular weight excluding hydrogens is 244 g/mol. The van der Waals surface area contributed by atoms with Gasteiger partial charge in [0.15, 0.2) is 0 Å². The zero-order valence-corrected chi connectivity index (χ0v) is 10.4. The number of hydrogen-bond donors (Lipinski definition) is 0. The van der Waals surface area contributed by atoms with Crippen LogP contribution in [0, 0.1) is 0 Å². The molecule has 1 aromatic rings. The number of benzene rings is 1. The van der Waals surface area contributed by atoms with E-state index in [1.165, 1.54) is 18.2 Å². The first-order chi connectivity index (χ1) is 8.06. The molecule has 0 aliphatic heterocycles. The van der Waals surface area contributed by atoms with Crippen LogP contribution in [0.4, 0.5) is 0 Å². The Morgan fingerprint density at radius 3 is 2.24 bits per heavy atom. The Morgan fingerprint density at radius 2 is 1.71 bits per heavy atom. The third-order valence-corrected chi connectivity index (χ3v) is 2.23. The fraction of sp³-hybridized carbons (Fsp3) is 0.333. The first kappa shape index (κ1) is 13.5. The quantitative estimate of drug-likeness (QED) is 0.614. The van der Waals surface area contributed by atoms with Crippen LogP contribution in [0.25, 0.3) is 0 Å². The predicted molar refractivity (Wildman–Crippen MR) is 63.3 cm³/mol. The molecule has 4 nitrogen and oxygen atoms in total. The SMILES string of the molecule is CCC(=O)Oc1ccc(OC(=O)CC)c(Cl)c1. The Bertz CT molecular complexity index is 429. The molecule has 0 saturated heterocycles. The summed E-state index contributed by atoms with van der Waals surface area (Å²) >= 11 is 5.89. The Labute approximate surface area is 104 Å². The van der Waals surface area contributed by atoms with Gasteiger partial charge in [-0.15, -0.1) is 0 Å². The molecule has 0 radical (unpaired) electrons. The highest BCUT2D eigenvalue weighted by Gasteiger charge is 2.09. The zero-order chi connectivity index (χ0) is 12.8. The summed E-state index contributed by atoms with van der Waals surface area (Å²) < 4.78 is 9.94. The molecule has 0 aromatic heterocycles. The van der Waals surface area contributed by atoms with Gasteiger partial charge in [-0.05, 0) is 12.1 Å². The minimum Gasteiger partial charge on any atom is -0.426 e. The van der Waals surface area contributed by atoms with Crippen molar-refractivity contribution in [2.75, 3.05) is 0 Å². The topological polar surface area (TPSA) is 52.6 Å². The molecule has 0 heterocycles. The van der Waals surface area contributed by atoms with E-state index in [2.05, 4.69) is 0 Å². The molecule has 0 bridgehead atoms.